The molecule has 62 valence electrons. The lowest BCUT2D eigenvalue weighted by Crippen LogP contribution is -2.32. The number of morpholine rings is 1. The number of carbonyl (C=O) groups excluding carboxylic acids is 1. The first-order valence-electron chi connectivity index (χ1n) is 3.44. The topological polar surface area (TPSA) is 55.6 Å². The van der Waals surface area contributed by atoms with Crippen molar-refractivity contribution in [2.45, 2.75) is 0 Å². The summed E-state index contributed by atoms with van der Waals surface area (Å²) in [5.41, 5.74) is 4.25. The van der Waals surface area contributed by atoms with Crippen molar-refractivity contribution < 1.29 is 9.53 Å². The second-order valence-electron chi connectivity index (χ2n) is 2.32. The number of likely N-dealkylation sites (N-methyl/N-ethyl adjacent to an activating group) is 1. The van der Waals surface area contributed by atoms with Gasteiger partial charge in [0.1, 0.15) is 0 Å². The van der Waals surface area contributed by atoms with Crippen molar-refractivity contribution in [3.63, 3.8) is 0 Å². The molecule has 0 aromatic heterocycles. The molecule has 2 radical (unpaired) electrons. The third kappa shape index (κ3) is 9.45. The predicted molar refractivity (Wildman–Crippen MR) is 43.7 cm³/mol. The van der Waals surface area contributed by atoms with Gasteiger partial charge in [0.25, 0.3) is 0 Å². The highest BCUT2D eigenvalue weighted by Gasteiger charge is 2.02. The Balaban J connectivity index is 0.000000218. The summed E-state index contributed by atoms with van der Waals surface area (Å²) in [6.45, 7) is 4.02. The van der Waals surface area contributed by atoms with E-state index in [1.807, 2.05) is 0 Å². The molecule has 0 atom stereocenters. The molecule has 1 saturated heterocycles. The molecule has 1 fully saturated rings. The lowest BCUT2D eigenvalue weighted by molar-refractivity contribution is 0.0503. The van der Waals surface area contributed by atoms with Crippen LogP contribution in [0, 0.1) is 0 Å². The van der Waals surface area contributed by atoms with Crippen molar-refractivity contribution in [2.75, 3.05) is 33.4 Å². The maximum absolute atomic E-state index is 9.00. The van der Waals surface area contributed by atoms with Crippen molar-refractivity contribution in [1.29, 1.82) is 0 Å². The van der Waals surface area contributed by atoms with Crippen molar-refractivity contribution >= 4 is 13.7 Å². The average molecular weight is 156 g/mol. The zero-order valence-electron chi connectivity index (χ0n) is 6.75. The number of hydrogen-bond donors (Lipinski definition) is 1. The van der Waals surface area contributed by atoms with Crippen LogP contribution in [0.4, 0.5) is 4.79 Å². The number of hydrogen-bond acceptors (Lipinski definition) is 3. The minimum Gasteiger partial charge on any atom is -0.380 e. The fraction of sp³-hybridized carbons (Fsp3) is 0.833. The van der Waals surface area contributed by atoms with Crippen molar-refractivity contribution in [3.05, 3.63) is 0 Å². The molecule has 0 bridgehead atoms. The second kappa shape index (κ2) is 6.18. The summed E-state index contributed by atoms with van der Waals surface area (Å²) >= 11 is 0. The van der Waals surface area contributed by atoms with Crippen LogP contribution in [-0.4, -0.2) is 51.9 Å². The summed E-state index contributed by atoms with van der Waals surface area (Å²) in [4.78, 5) is 11.3. The summed E-state index contributed by atoms with van der Waals surface area (Å²) in [5.74, 6) is -0.833. The average Bonchev–Trinajstić information content (AvgIpc) is 1.87. The molecule has 2 N–H and O–H groups in total. The minimum atomic E-state index is -0.833. The molecule has 1 amide bonds. The van der Waals surface area contributed by atoms with Gasteiger partial charge in [-0.3, -0.25) is 4.79 Å². The molecule has 1 rings (SSSR count). The number of ether oxygens (including phenoxy) is 1. The van der Waals surface area contributed by atoms with Gasteiger partial charge in [-0.1, -0.05) is 0 Å². The Kier molecular flexibility index (Phi) is 5.88. The number of amides is 1. The van der Waals surface area contributed by atoms with Gasteiger partial charge in [-0.2, -0.15) is 0 Å². The molecule has 1 heterocycles. The quantitative estimate of drug-likeness (QED) is 0.466. The molecule has 11 heavy (non-hydrogen) atoms. The third-order valence-electron chi connectivity index (χ3n) is 1.23. The van der Waals surface area contributed by atoms with Crippen LogP contribution in [0.3, 0.4) is 0 Å². The lowest BCUT2D eigenvalue weighted by atomic mass is 10.2. The van der Waals surface area contributed by atoms with Crippen LogP contribution in [0.1, 0.15) is 0 Å². The Hall–Kier alpha value is -0.545. The Bertz CT molecular complexity index is 111. The SMILES string of the molecule is CN1CCOCC1.[B]C(N)=O. The van der Waals surface area contributed by atoms with E-state index < -0.39 is 5.81 Å². The van der Waals surface area contributed by atoms with E-state index >= 15 is 0 Å². The Morgan fingerprint density at radius 1 is 1.55 bits per heavy atom. The van der Waals surface area contributed by atoms with E-state index in [0.29, 0.717) is 0 Å². The summed E-state index contributed by atoms with van der Waals surface area (Å²) in [6, 6.07) is 0. The standard InChI is InChI=1S/C5H11NO.CH2BNO/c1-6-2-4-7-5-3-6;2-1(3)4/h2-5H2,1H3;(H2,3,4). The van der Waals surface area contributed by atoms with Crippen molar-refractivity contribution in [1.82, 2.24) is 4.90 Å². The fourth-order valence-electron chi connectivity index (χ4n) is 0.655. The first kappa shape index (κ1) is 10.5. The monoisotopic (exact) mass is 156 g/mol. The first-order valence-corrected chi connectivity index (χ1v) is 3.44. The number of carbonyl (C=O) groups is 1. The largest absolute Gasteiger partial charge is 0.380 e. The van der Waals surface area contributed by atoms with Gasteiger partial charge >= 0.3 is 0 Å². The van der Waals surface area contributed by atoms with Crippen LogP contribution in [0.25, 0.3) is 0 Å². The van der Waals surface area contributed by atoms with E-state index in [1.54, 1.807) is 0 Å². The van der Waals surface area contributed by atoms with Crippen molar-refractivity contribution in [3.8, 4) is 0 Å². The zero-order chi connectivity index (χ0) is 8.69. The van der Waals surface area contributed by atoms with E-state index in [0.717, 1.165) is 26.3 Å². The second-order valence-corrected chi connectivity index (χ2v) is 2.32. The zero-order valence-corrected chi connectivity index (χ0v) is 6.75. The fourth-order valence-corrected chi connectivity index (χ4v) is 0.655. The van der Waals surface area contributed by atoms with Crippen molar-refractivity contribution in [2.24, 2.45) is 5.73 Å². The Morgan fingerprint density at radius 3 is 2.09 bits per heavy atom. The van der Waals surface area contributed by atoms with Gasteiger partial charge < -0.3 is 15.4 Å². The summed E-state index contributed by atoms with van der Waals surface area (Å²) in [6.07, 6.45) is 0. The van der Waals surface area contributed by atoms with E-state index in [9.17, 15) is 0 Å². The highest BCUT2D eigenvalue weighted by molar-refractivity contribution is 6.56. The lowest BCUT2D eigenvalue weighted by Gasteiger charge is -2.21. The van der Waals surface area contributed by atoms with Gasteiger partial charge in [0.15, 0.2) is 13.7 Å². The van der Waals surface area contributed by atoms with Crippen LogP contribution in [0.15, 0.2) is 0 Å². The normalized spacial score (nSPS) is 18.3. The van der Waals surface area contributed by atoms with E-state index in [4.69, 9.17) is 9.53 Å². The summed E-state index contributed by atoms with van der Waals surface area (Å²) in [5, 5.41) is 0. The highest BCUT2D eigenvalue weighted by atomic mass is 16.5. The molecule has 0 aromatic rings. The molecule has 1 aliphatic heterocycles. The number of primary amides is 1. The summed E-state index contributed by atoms with van der Waals surface area (Å²) in [7, 11) is 6.36. The van der Waals surface area contributed by atoms with Crippen LogP contribution in [-0.2, 0) is 4.74 Å². The van der Waals surface area contributed by atoms with Gasteiger partial charge in [-0.15, -0.1) is 0 Å². The van der Waals surface area contributed by atoms with Crippen LogP contribution >= 0.6 is 0 Å². The number of nitrogens with zero attached hydrogens (tertiary/aromatic N) is 1. The molecule has 0 saturated carbocycles. The number of rotatable bonds is 0. The molecule has 0 aliphatic carbocycles. The van der Waals surface area contributed by atoms with E-state index in [-0.39, 0.29) is 0 Å². The Labute approximate surface area is 68.1 Å². The van der Waals surface area contributed by atoms with Crippen LogP contribution < -0.4 is 5.73 Å². The molecule has 4 nitrogen and oxygen atoms in total. The smallest absolute Gasteiger partial charge is 0.200 e. The van der Waals surface area contributed by atoms with E-state index in [2.05, 4.69) is 25.5 Å². The molecular formula is C6H13BN2O2. The summed E-state index contributed by atoms with van der Waals surface area (Å²) < 4.78 is 5.10. The highest BCUT2D eigenvalue weighted by Crippen LogP contribution is 1.89. The minimum absolute atomic E-state index is 0.833. The van der Waals surface area contributed by atoms with Crippen LogP contribution in [0.2, 0.25) is 0 Å². The number of nitrogens with two attached hydrogens (primary N) is 1. The van der Waals surface area contributed by atoms with E-state index in [1.165, 1.54) is 0 Å². The van der Waals surface area contributed by atoms with Gasteiger partial charge in [-0.25, -0.2) is 0 Å². The molecular weight excluding hydrogens is 143 g/mol. The molecule has 5 heteroatoms. The van der Waals surface area contributed by atoms with Crippen LogP contribution in [0.5, 0.6) is 0 Å². The maximum Gasteiger partial charge on any atom is 0.200 e. The molecule has 1 aliphatic rings. The molecule has 0 aromatic carbocycles. The predicted octanol–water partition coefficient (Wildman–Crippen LogP) is -0.818. The molecule has 0 spiro atoms. The van der Waals surface area contributed by atoms with Gasteiger partial charge in [-0.05, 0) is 7.05 Å². The Morgan fingerprint density at radius 2 is 1.91 bits per heavy atom. The maximum atomic E-state index is 9.00. The van der Waals surface area contributed by atoms with Gasteiger partial charge in [0.05, 0.1) is 13.2 Å². The van der Waals surface area contributed by atoms with Gasteiger partial charge in [0.2, 0.25) is 0 Å². The first-order chi connectivity index (χ1) is 5.13. The molecule has 0 unspecified atom stereocenters. The van der Waals surface area contributed by atoms with Gasteiger partial charge in [0, 0.05) is 13.1 Å². The third-order valence-corrected chi connectivity index (χ3v) is 1.23.